The summed E-state index contributed by atoms with van der Waals surface area (Å²) in [5, 5.41) is 2.63. The van der Waals surface area contributed by atoms with E-state index >= 15 is 0 Å². The van der Waals surface area contributed by atoms with Crippen molar-refractivity contribution in [2.45, 2.75) is 12.6 Å². The van der Waals surface area contributed by atoms with Gasteiger partial charge in [0.2, 0.25) is 5.91 Å². The van der Waals surface area contributed by atoms with E-state index in [4.69, 9.17) is 4.74 Å². The Morgan fingerprint density at radius 2 is 2.00 bits per heavy atom. The molecule has 0 saturated heterocycles. The van der Waals surface area contributed by atoms with E-state index in [0.29, 0.717) is 22.5 Å². The van der Waals surface area contributed by atoms with Gasteiger partial charge in [-0.05, 0) is 23.8 Å². The summed E-state index contributed by atoms with van der Waals surface area (Å²) in [7, 11) is 1.19. The minimum Gasteiger partial charge on any atom is -0.496 e. The number of rotatable bonds is 2. The fourth-order valence-corrected chi connectivity index (χ4v) is 2.36. The summed E-state index contributed by atoms with van der Waals surface area (Å²) in [6, 6.07) is 5.42. The number of amides is 1. The van der Waals surface area contributed by atoms with Crippen molar-refractivity contribution in [1.29, 1.82) is 0 Å². The van der Waals surface area contributed by atoms with Crippen molar-refractivity contribution in [1.82, 2.24) is 4.98 Å². The zero-order valence-electron chi connectivity index (χ0n) is 11.5. The highest BCUT2D eigenvalue weighted by molar-refractivity contribution is 5.99. The Morgan fingerprint density at radius 3 is 2.68 bits per heavy atom. The van der Waals surface area contributed by atoms with E-state index in [9.17, 15) is 18.0 Å². The highest BCUT2D eigenvalue weighted by Gasteiger charge is 2.34. The average Bonchev–Trinajstić information content (AvgIpc) is 2.84. The van der Waals surface area contributed by atoms with Crippen LogP contribution in [0.2, 0.25) is 0 Å². The normalized spacial score (nSPS) is 13.7. The first-order chi connectivity index (χ1) is 10.4. The number of nitrogens with one attached hydrogen (secondary N) is 1. The lowest BCUT2D eigenvalue weighted by atomic mass is 10.0. The molecule has 1 aromatic heterocycles. The molecule has 0 aliphatic carbocycles. The van der Waals surface area contributed by atoms with Gasteiger partial charge in [-0.2, -0.15) is 13.2 Å². The second-order valence-electron chi connectivity index (χ2n) is 4.86. The van der Waals surface area contributed by atoms with Crippen LogP contribution >= 0.6 is 0 Å². The molecule has 1 N–H and O–H groups in total. The Kier molecular flexibility index (Phi) is 3.27. The number of ether oxygens (including phenoxy) is 1. The SMILES string of the molecule is COc1ccc(-c2cnc3c(c2)NC(=O)C3)cc1C(F)(F)F. The van der Waals surface area contributed by atoms with E-state index in [1.165, 1.54) is 25.4 Å². The maximum absolute atomic E-state index is 13.0. The number of hydrogen-bond donors (Lipinski definition) is 1. The molecule has 1 aromatic carbocycles. The lowest BCUT2D eigenvalue weighted by Crippen LogP contribution is -2.07. The Balaban J connectivity index is 2.06. The molecule has 1 aliphatic rings. The van der Waals surface area contributed by atoms with Crippen LogP contribution in [-0.4, -0.2) is 18.0 Å². The van der Waals surface area contributed by atoms with Crippen molar-refractivity contribution >= 4 is 11.6 Å². The summed E-state index contributed by atoms with van der Waals surface area (Å²) in [4.78, 5) is 15.4. The van der Waals surface area contributed by atoms with Crippen LogP contribution in [0.5, 0.6) is 5.75 Å². The molecule has 0 atom stereocenters. The van der Waals surface area contributed by atoms with Crippen molar-refractivity contribution in [2.75, 3.05) is 12.4 Å². The van der Waals surface area contributed by atoms with E-state index in [1.54, 1.807) is 6.07 Å². The Bertz CT molecular complexity index is 757. The fraction of sp³-hybridized carbons (Fsp3) is 0.200. The zero-order valence-corrected chi connectivity index (χ0v) is 11.5. The minimum absolute atomic E-state index is 0.176. The summed E-state index contributed by atoms with van der Waals surface area (Å²) in [6.07, 6.45) is -2.87. The average molecular weight is 308 g/mol. The quantitative estimate of drug-likeness (QED) is 0.926. The van der Waals surface area contributed by atoms with Crippen LogP contribution in [0.25, 0.3) is 11.1 Å². The minimum atomic E-state index is -4.51. The summed E-state index contributed by atoms with van der Waals surface area (Å²) in [5.74, 6) is -0.413. The predicted octanol–water partition coefficient (Wildman–Crippen LogP) is 3.27. The van der Waals surface area contributed by atoms with Gasteiger partial charge < -0.3 is 10.1 Å². The number of carbonyl (C=O) groups excluding carboxylic acids is 1. The van der Waals surface area contributed by atoms with E-state index in [2.05, 4.69) is 10.3 Å². The number of halogens is 3. The fourth-order valence-electron chi connectivity index (χ4n) is 2.36. The van der Waals surface area contributed by atoms with Gasteiger partial charge in [0.25, 0.3) is 0 Å². The number of carbonyl (C=O) groups is 1. The summed E-state index contributed by atoms with van der Waals surface area (Å²) < 4.78 is 43.9. The third-order valence-electron chi connectivity index (χ3n) is 3.41. The Morgan fingerprint density at radius 1 is 1.23 bits per heavy atom. The zero-order chi connectivity index (χ0) is 15.9. The van der Waals surface area contributed by atoms with Crippen LogP contribution in [0, 0.1) is 0 Å². The van der Waals surface area contributed by atoms with Crippen LogP contribution in [0.15, 0.2) is 30.5 Å². The standard InChI is InChI=1S/C15H11F3N2O2/c1-22-13-3-2-8(4-10(13)15(16,17)18)9-5-12-11(19-7-9)6-14(21)20-12/h2-5,7H,6H2,1H3,(H,20,21). The van der Waals surface area contributed by atoms with Crippen LogP contribution in [-0.2, 0) is 17.4 Å². The number of benzene rings is 1. The number of alkyl halides is 3. The molecule has 22 heavy (non-hydrogen) atoms. The second-order valence-corrected chi connectivity index (χ2v) is 4.86. The first-order valence-electron chi connectivity index (χ1n) is 6.43. The molecule has 0 saturated carbocycles. The number of methoxy groups -OCH3 is 1. The molecule has 114 valence electrons. The van der Waals surface area contributed by atoms with Crippen molar-refractivity contribution < 1.29 is 22.7 Å². The molecule has 4 nitrogen and oxygen atoms in total. The van der Waals surface area contributed by atoms with Crippen LogP contribution in [0.4, 0.5) is 18.9 Å². The van der Waals surface area contributed by atoms with Gasteiger partial charge in [-0.1, -0.05) is 6.07 Å². The largest absolute Gasteiger partial charge is 0.496 e. The molecule has 0 radical (unpaired) electrons. The van der Waals surface area contributed by atoms with Gasteiger partial charge in [0.1, 0.15) is 5.75 Å². The molecule has 7 heteroatoms. The number of anilines is 1. The van der Waals surface area contributed by atoms with Gasteiger partial charge in [-0.15, -0.1) is 0 Å². The number of hydrogen-bond acceptors (Lipinski definition) is 3. The first-order valence-corrected chi connectivity index (χ1v) is 6.43. The lowest BCUT2D eigenvalue weighted by molar-refractivity contribution is -0.138. The third kappa shape index (κ3) is 2.49. The van der Waals surface area contributed by atoms with Gasteiger partial charge in [0.05, 0.1) is 30.5 Å². The molecule has 2 heterocycles. The molecule has 0 fully saturated rings. The van der Waals surface area contributed by atoms with Crippen molar-refractivity contribution in [2.24, 2.45) is 0 Å². The highest BCUT2D eigenvalue weighted by Crippen LogP contribution is 2.39. The summed E-state index contributed by atoms with van der Waals surface area (Å²) >= 11 is 0. The van der Waals surface area contributed by atoms with Crippen LogP contribution in [0.1, 0.15) is 11.3 Å². The third-order valence-corrected chi connectivity index (χ3v) is 3.41. The molecule has 3 rings (SSSR count). The van der Waals surface area contributed by atoms with Gasteiger partial charge in [-0.3, -0.25) is 9.78 Å². The number of aromatic nitrogens is 1. The topological polar surface area (TPSA) is 51.2 Å². The number of nitrogens with zero attached hydrogens (tertiary/aromatic N) is 1. The Hall–Kier alpha value is -2.57. The summed E-state index contributed by atoms with van der Waals surface area (Å²) in [6.45, 7) is 0. The Labute approximate surface area is 123 Å². The van der Waals surface area contributed by atoms with Gasteiger partial charge in [-0.25, -0.2) is 0 Å². The number of pyridine rings is 1. The maximum Gasteiger partial charge on any atom is 0.419 e. The van der Waals surface area contributed by atoms with E-state index in [-0.39, 0.29) is 18.1 Å². The van der Waals surface area contributed by atoms with Gasteiger partial charge >= 0.3 is 6.18 Å². The molecule has 2 aromatic rings. The van der Waals surface area contributed by atoms with Gasteiger partial charge in [0, 0.05) is 11.8 Å². The van der Waals surface area contributed by atoms with Crippen molar-refractivity contribution in [3.05, 3.63) is 41.7 Å². The molecule has 1 amide bonds. The molecule has 1 aliphatic heterocycles. The molecular weight excluding hydrogens is 297 g/mol. The molecule has 0 spiro atoms. The second kappa shape index (κ2) is 5.01. The molecule has 0 bridgehead atoms. The van der Waals surface area contributed by atoms with Crippen molar-refractivity contribution in [3.8, 4) is 16.9 Å². The van der Waals surface area contributed by atoms with E-state index < -0.39 is 11.7 Å². The van der Waals surface area contributed by atoms with Crippen molar-refractivity contribution in [3.63, 3.8) is 0 Å². The van der Waals surface area contributed by atoms with Crippen LogP contribution < -0.4 is 10.1 Å². The first kappa shape index (κ1) is 14.4. The van der Waals surface area contributed by atoms with Gasteiger partial charge in [0.15, 0.2) is 0 Å². The predicted molar refractivity (Wildman–Crippen MR) is 73.6 cm³/mol. The lowest BCUT2D eigenvalue weighted by Gasteiger charge is -2.13. The van der Waals surface area contributed by atoms with Crippen LogP contribution in [0.3, 0.4) is 0 Å². The highest BCUT2D eigenvalue weighted by atomic mass is 19.4. The monoisotopic (exact) mass is 308 g/mol. The smallest absolute Gasteiger partial charge is 0.419 e. The number of fused-ring (bicyclic) bond motifs is 1. The molecule has 0 unspecified atom stereocenters. The van der Waals surface area contributed by atoms with E-state index in [0.717, 1.165) is 6.07 Å². The molecular formula is C15H11F3N2O2. The maximum atomic E-state index is 13.0. The summed E-state index contributed by atoms with van der Waals surface area (Å²) in [5.41, 5.74) is 1.13. The van der Waals surface area contributed by atoms with E-state index in [1.807, 2.05) is 0 Å².